The molecule has 518 valence electrons. The Labute approximate surface area is 544 Å². The van der Waals surface area contributed by atoms with E-state index in [4.69, 9.17) is 42.7 Å². The zero-order valence-electron chi connectivity index (χ0n) is 51.9. The first-order valence-corrected chi connectivity index (χ1v) is 36.7. The molecule has 0 bridgehead atoms. The third kappa shape index (κ3) is 18.9. The molecule has 0 aromatic heterocycles. The molecule has 30 nitrogen and oxygen atoms in total. The molecule has 5 N–H and O–H groups in total. The predicted molar refractivity (Wildman–Crippen MR) is 336 cm³/mol. The van der Waals surface area contributed by atoms with E-state index in [2.05, 4.69) is 0 Å². The van der Waals surface area contributed by atoms with Crippen LogP contribution in [0, 0.1) is 0 Å². The summed E-state index contributed by atoms with van der Waals surface area (Å²) in [5.74, 6) is -2.89. The topological polar surface area (TPSA) is 416 Å². The number of benzene rings is 4. The summed E-state index contributed by atoms with van der Waals surface area (Å²) in [6, 6.07) is 9.28. The van der Waals surface area contributed by atoms with Crippen molar-refractivity contribution in [2.75, 3.05) is 130 Å². The van der Waals surface area contributed by atoms with Crippen LogP contribution in [0.2, 0.25) is 0 Å². The smallest absolute Gasteiger partial charge is 0.358 e. The lowest BCUT2D eigenvalue weighted by Crippen LogP contribution is -2.33. The molecule has 2 amide bonds. The van der Waals surface area contributed by atoms with Gasteiger partial charge in [0.05, 0.1) is 80.4 Å². The second kappa shape index (κ2) is 32.3. The number of imide groups is 1. The standard InChI is InChI=1S/C59H75N3O27S5/c1-58(18-8-35-90(66,67)68)51(60(20-25-81-3)47-14-12-43-45(56(47)58)36-41(91(69,70)71)38-49(43)93(75,76)77)10-6-5-7-11-52-59(2,19-24-84-30-32-87-34-33-86-28-27-82-4)57-46-37-42(92(72,73)74)39-50(94(78,79)80)44(46)13-15-48(57)61(52)21-26-85-31-29-83-22-9-23-88-40-55(65)89-62-53(63)16-17-54(62)64/h5-7,10-15,36-39H,8-9,16-35,40H2,1-4H3,(H4-,66,67,68,69,70,71,72,73,74,75,76,77,78,79,80)/p+1. The van der Waals surface area contributed by atoms with Crippen molar-refractivity contribution in [1.82, 2.24) is 5.06 Å². The van der Waals surface area contributed by atoms with Crippen molar-refractivity contribution in [3.8, 4) is 0 Å². The van der Waals surface area contributed by atoms with Crippen molar-refractivity contribution in [3.63, 3.8) is 0 Å². The van der Waals surface area contributed by atoms with Crippen LogP contribution in [0.4, 0.5) is 11.4 Å². The Balaban J connectivity index is 1.25. The van der Waals surface area contributed by atoms with Crippen molar-refractivity contribution in [2.24, 2.45) is 0 Å². The second-order valence-corrected chi connectivity index (χ2v) is 29.3. The quantitative estimate of drug-likeness (QED) is 0.0134. The summed E-state index contributed by atoms with van der Waals surface area (Å²) >= 11 is 0. The van der Waals surface area contributed by atoms with Gasteiger partial charge in [0, 0.05) is 98.7 Å². The number of nitrogens with zero attached hydrogens (tertiary/aromatic N) is 3. The monoisotopic (exact) mass is 1420 g/mol. The van der Waals surface area contributed by atoms with E-state index in [0.29, 0.717) is 71.8 Å². The van der Waals surface area contributed by atoms with Crippen LogP contribution in [0.1, 0.15) is 63.5 Å². The number of amides is 2. The molecule has 35 heteroatoms. The Hall–Kier alpha value is -6.07. The number of allylic oxidation sites excluding steroid dienone is 6. The van der Waals surface area contributed by atoms with Gasteiger partial charge in [0.1, 0.15) is 23.0 Å². The molecule has 4 aromatic carbocycles. The highest BCUT2D eigenvalue weighted by Crippen LogP contribution is 2.54. The van der Waals surface area contributed by atoms with Crippen LogP contribution in [-0.2, 0) is 119 Å². The molecule has 3 aliphatic heterocycles. The zero-order chi connectivity index (χ0) is 68.9. The maximum Gasteiger partial charge on any atom is 0.358 e. The molecular weight excluding hydrogens is 1340 g/mol. The van der Waals surface area contributed by atoms with Crippen molar-refractivity contribution in [3.05, 3.63) is 95.7 Å². The number of ether oxygens (including phenoxy) is 8. The van der Waals surface area contributed by atoms with Gasteiger partial charge in [0.25, 0.3) is 62.4 Å². The van der Waals surface area contributed by atoms with Crippen LogP contribution >= 0.6 is 0 Å². The Morgan fingerprint density at radius 1 is 0.553 bits per heavy atom. The van der Waals surface area contributed by atoms with Crippen LogP contribution in [0.5, 0.6) is 0 Å². The molecule has 7 rings (SSSR count). The van der Waals surface area contributed by atoms with Crippen LogP contribution < -0.4 is 4.90 Å². The fourth-order valence-corrected chi connectivity index (χ4v) is 14.7. The lowest BCUT2D eigenvalue weighted by Gasteiger charge is -2.31. The molecule has 0 aliphatic carbocycles. The number of hydrogen-bond donors (Lipinski definition) is 5. The first-order chi connectivity index (χ1) is 44.3. The third-order valence-corrected chi connectivity index (χ3v) is 20.0. The van der Waals surface area contributed by atoms with Crippen LogP contribution in [0.3, 0.4) is 0 Å². The average molecular weight is 1420 g/mol. The van der Waals surface area contributed by atoms with Gasteiger partial charge in [-0.05, 0) is 98.3 Å². The minimum atomic E-state index is -5.15. The fourth-order valence-electron chi connectivity index (χ4n) is 11.5. The molecule has 2 atom stereocenters. The number of anilines is 1. The van der Waals surface area contributed by atoms with Gasteiger partial charge in [0.15, 0.2) is 12.3 Å². The van der Waals surface area contributed by atoms with E-state index in [9.17, 15) is 79.2 Å². The number of hydrogen-bond acceptors (Lipinski definition) is 23. The maximum absolute atomic E-state index is 13.1. The summed E-state index contributed by atoms with van der Waals surface area (Å²) in [5, 5.41) is 0.205. The minimum absolute atomic E-state index is 0.0218. The third-order valence-electron chi connectivity index (χ3n) is 15.7. The Morgan fingerprint density at radius 2 is 1.07 bits per heavy atom. The van der Waals surface area contributed by atoms with Crippen LogP contribution in [0.15, 0.2) is 104 Å². The van der Waals surface area contributed by atoms with E-state index in [1.807, 2.05) is 11.8 Å². The number of rotatable bonds is 39. The van der Waals surface area contributed by atoms with E-state index >= 15 is 0 Å². The molecule has 1 saturated heterocycles. The van der Waals surface area contributed by atoms with E-state index in [-0.39, 0.29) is 138 Å². The Bertz CT molecular complexity index is 4180. The SMILES string of the molecule is COCCOCCOCCOCCC1(C)\C(=C/C=C/C=C/C2=[N+](CCOC)c3ccc4c(S(=O)(=O)O)cc(S(=O)(=O)O)cc4c3C2(C)CCCS(=O)(=O)O)N(CCOCCOCCCOCC(=O)ON2C(=O)CCC2=O)c2ccc3c(S(=O)(=O)O)cc(S(=O)(=O)O)cc3c21. The first kappa shape index (κ1) is 75.3. The predicted octanol–water partition coefficient (Wildman–Crippen LogP) is 4.56. The number of carbonyl (C=O) groups excluding carboxylic acids is 3. The Morgan fingerprint density at radius 3 is 1.63 bits per heavy atom. The molecule has 3 heterocycles. The lowest BCUT2D eigenvalue weighted by molar-refractivity contribution is -0.441. The maximum atomic E-state index is 13.1. The molecule has 3 aliphatic rings. The minimum Gasteiger partial charge on any atom is -0.382 e. The molecule has 94 heavy (non-hydrogen) atoms. The summed E-state index contributed by atoms with van der Waals surface area (Å²) in [6.45, 7) is 5.39. The summed E-state index contributed by atoms with van der Waals surface area (Å²) in [5.41, 5.74) is -0.139. The molecule has 4 aromatic rings. The first-order valence-electron chi connectivity index (χ1n) is 29.3. The van der Waals surface area contributed by atoms with Gasteiger partial charge in [-0.25, -0.2) is 4.79 Å². The summed E-state index contributed by atoms with van der Waals surface area (Å²) in [7, 11) is -22.1. The van der Waals surface area contributed by atoms with E-state index in [1.165, 1.54) is 25.3 Å². The Kier molecular flexibility index (Phi) is 25.9. The summed E-state index contributed by atoms with van der Waals surface area (Å²) in [4.78, 5) is 38.9. The van der Waals surface area contributed by atoms with Gasteiger partial charge in [0.2, 0.25) is 5.69 Å². The van der Waals surface area contributed by atoms with Gasteiger partial charge in [-0.2, -0.15) is 46.7 Å². The molecule has 0 radical (unpaired) electrons. The van der Waals surface area contributed by atoms with Gasteiger partial charge in [-0.15, -0.1) is 5.06 Å². The van der Waals surface area contributed by atoms with Gasteiger partial charge in [-0.1, -0.05) is 24.3 Å². The highest BCUT2D eigenvalue weighted by molar-refractivity contribution is 7.87. The molecule has 1 fully saturated rings. The van der Waals surface area contributed by atoms with Crippen LogP contribution in [0.25, 0.3) is 21.5 Å². The molecule has 0 saturated carbocycles. The zero-order valence-corrected chi connectivity index (χ0v) is 56.0. The molecular formula is C59H76N3O27S5+. The van der Waals surface area contributed by atoms with E-state index in [0.717, 1.165) is 12.1 Å². The number of carbonyl (C=O) groups is 3. The normalized spacial score (nSPS) is 18.6. The fraction of sp³-hybridized carbons (Fsp3) is 0.492. The largest absolute Gasteiger partial charge is 0.382 e. The summed E-state index contributed by atoms with van der Waals surface area (Å²) in [6.07, 6.45) is 8.42. The lowest BCUT2D eigenvalue weighted by atomic mass is 9.74. The highest BCUT2D eigenvalue weighted by Gasteiger charge is 2.50. The molecule has 0 spiro atoms. The average Bonchev–Trinajstić information content (AvgIpc) is 1.53. The molecule has 2 unspecified atom stereocenters. The van der Waals surface area contributed by atoms with Gasteiger partial charge in [-0.3, -0.25) is 32.4 Å². The van der Waals surface area contributed by atoms with Crippen molar-refractivity contribution in [1.29, 1.82) is 0 Å². The van der Waals surface area contributed by atoms with Crippen LogP contribution in [-0.4, -0.2) is 224 Å². The van der Waals surface area contributed by atoms with E-state index < -0.39 is 111 Å². The highest BCUT2D eigenvalue weighted by atomic mass is 32.2. The van der Waals surface area contributed by atoms with Gasteiger partial charge < -0.3 is 47.6 Å². The van der Waals surface area contributed by atoms with Crippen molar-refractivity contribution in [2.45, 2.75) is 82.8 Å². The number of methoxy groups -OCH3 is 2. The summed E-state index contributed by atoms with van der Waals surface area (Å²) < 4.78 is 225. The number of fused-ring (bicyclic) bond motifs is 6. The van der Waals surface area contributed by atoms with Crippen molar-refractivity contribution >= 4 is 107 Å². The van der Waals surface area contributed by atoms with Gasteiger partial charge >= 0.3 is 5.97 Å². The number of hydroxylamine groups is 2. The van der Waals surface area contributed by atoms with E-state index in [1.54, 1.807) is 55.1 Å². The van der Waals surface area contributed by atoms with Crippen molar-refractivity contribution < 1.29 is 127 Å². The second-order valence-electron chi connectivity index (χ2n) is 22.1.